The van der Waals surface area contributed by atoms with Crippen LogP contribution in [0.15, 0.2) is 53.2 Å². The summed E-state index contributed by atoms with van der Waals surface area (Å²) in [5.74, 6) is 2.58. The number of pyridine rings is 1. The Morgan fingerprint density at radius 1 is 1.07 bits per heavy atom. The maximum atomic E-state index is 6.01. The quantitative estimate of drug-likeness (QED) is 0.422. The monoisotopic (exact) mass is 385 g/mol. The Balaban J connectivity index is 1.62. The molecule has 144 valence electrons. The predicted octanol–water partition coefficient (Wildman–Crippen LogP) is 5.01. The number of aromatic amines is 1. The van der Waals surface area contributed by atoms with Crippen LogP contribution in [-0.2, 0) is 6.42 Å². The molecule has 0 bridgehead atoms. The number of rotatable bonds is 4. The van der Waals surface area contributed by atoms with Crippen molar-refractivity contribution in [3.63, 3.8) is 0 Å². The fraction of sp³-hybridized carbons (Fsp3) is 0.136. The molecule has 5 aromatic rings. The van der Waals surface area contributed by atoms with Gasteiger partial charge in [0.05, 0.1) is 11.7 Å². The van der Waals surface area contributed by atoms with Crippen molar-refractivity contribution in [2.24, 2.45) is 0 Å². The molecule has 3 heterocycles. The lowest BCUT2D eigenvalue weighted by Crippen LogP contribution is -1.90. The molecule has 0 saturated carbocycles. The Kier molecular flexibility index (Phi) is 3.94. The van der Waals surface area contributed by atoms with E-state index in [1.165, 1.54) is 0 Å². The fourth-order valence-electron chi connectivity index (χ4n) is 3.48. The molecule has 7 heteroatoms. The number of H-pyrrole nitrogens is 1. The first-order valence-electron chi connectivity index (χ1n) is 9.39. The molecular formula is C22H19N5O2. The molecule has 0 atom stereocenters. The number of aromatic nitrogens is 4. The molecule has 0 radical (unpaired) electrons. The zero-order valence-electron chi connectivity index (χ0n) is 16.1. The van der Waals surface area contributed by atoms with Crippen molar-refractivity contribution in [1.29, 1.82) is 0 Å². The fourth-order valence-corrected chi connectivity index (χ4v) is 3.48. The van der Waals surface area contributed by atoms with Gasteiger partial charge in [-0.25, -0.2) is 4.98 Å². The molecule has 3 aromatic heterocycles. The topological polar surface area (TPSA) is 103 Å². The first-order valence-corrected chi connectivity index (χ1v) is 9.39. The molecule has 0 spiro atoms. The van der Waals surface area contributed by atoms with Gasteiger partial charge in [0.1, 0.15) is 17.2 Å². The number of hydrogen-bond acceptors (Lipinski definition) is 6. The largest absolute Gasteiger partial charge is 0.457 e. The van der Waals surface area contributed by atoms with Crippen molar-refractivity contribution in [3.05, 3.63) is 60.0 Å². The summed E-state index contributed by atoms with van der Waals surface area (Å²) in [5.41, 5.74) is 10.1. The van der Waals surface area contributed by atoms with Gasteiger partial charge in [0.2, 0.25) is 0 Å². The minimum atomic E-state index is 0.435. The van der Waals surface area contributed by atoms with Crippen LogP contribution in [0.1, 0.15) is 18.3 Å². The van der Waals surface area contributed by atoms with Crippen LogP contribution < -0.4 is 10.5 Å². The summed E-state index contributed by atoms with van der Waals surface area (Å²) in [6.45, 7) is 4.00. The van der Waals surface area contributed by atoms with Gasteiger partial charge in [-0.1, -0.05) is 12.1 Å². The summed E-state index contributed by atoms with van der Waals surface area (Å²) in [5, 5.41) is 6.09. The second-order valence-corrected chi connectivity index (χ2v) is 6.89. The van der Waals surface area contributed by atoms with Crippen LogP contribution in [0.5, 0.6) is 11.5 Å². The first-order chi connectivity index (χ1) is 14.1. The van der Waals surface area contributed by atoms with Crippen LogP contribution >= 0.6 is 0 Å². The third-order valence-corrected chi connectivity index (χ3v) is 4.95. The summed E-state index contributed by atoms with van der Waals surface area (Å²) >= 11 is 0. The number of nitrogen functional groups attached to an aromatic ring is 1. The molecule has 0 aliphatic carbocycles. The summed E-state index contributed by atoms with van der Waals surface area (Å²) in [4.78, 5) is 12.4. The molecule has 0 amide bonds. The standard InChI is InChI=1S/C22H19N5O2/c1-3-19-26-22(29-27-19)21-12(2)20-16-10-15(28-14-6-4-13(23)5-7-14)8-9-17(16)25-18(20)11-24-21/h4-11,25H,3,23H2,1-2H3. The zero-order valence-corrected chi connectivity index (χ0v) is 16.1. The molecule has 29 heavy (non-hydrogen) atoms. The summed E-state index contributed by atoms with van der Waals surface area (Å²) in [7, 11) is 0. The molecule has 0 aliphatic rings. The van der Waals surface area contributed by atoms with Crippen LogP contribution in [0.2, 0.25) is 0 Å². The molecule has 0 saturated heterocycles. The Labute approximate surface area is 166 Å². The molecule has 7 nitrogen and oxygen atoms in total. The van der Waals surface area contributed by atoms with Crippen molar-refractivity contribution in [2.75, 3.05) is 5.73 Å². The van der Waals surface area contributed by atoms with E-state index in [0.717, 1.165) is 38.9 Å². The third-order valence-electron chi connectivity index (χ3n) is 4.95. The number of nitrogens with zero attached hydrogens (tertiary/aromatic N) is 3. The Morgan fingerprint density at radius 2 is 1.86 bits per heavy atom. The van der Waals surface area contributed by atoms with Crippen molar-refractivity contribution in [1.82, 2.24) is 20.1 Å². The van der Waals surface area contributed by atoms with E-state index in [0.29, 0.717) is 29.5 Å². The van der Waals surface area contributed by atoms with E-state index in [1.54, 1.807) is 6.20 Å². The number of hydrogen-bond donors (Lipinski definition) is 2. The zero-order chi connectivity index (χ0) is 20.0. The summed E-state index contributed by atoms with van der Waals surface area (Å²) in [6.07, 6.45) is 2.51. The van der Waals surface area contributed by atoms with Gasteiger partial charge >= 0.3 is 0 Å². The van der Waals surface area contributed by atoms with E-state index in [4.69, 9.17) is 15.0 Å². The van der Waals surface area contributed by atoms with E-state index in [9.17, 15) is 0 Å². The van der Waals surface area contributed by atoms with Gasteiger partial charge in [-0.05, 0) is 55.0 Å². The molecule has 0 fully saturated rings. The predicted molar refractivity (Wildman–Crippen MR) is 112 cm³/mol. The van der Waals surface area contributed by atoms with Crippen LogP contribution in [-0.4, -0.2) is 20.1 Å². The lowest BCUT2D eigenvalue weighted by Gasteiger charge is -2.07. The highest BCUT2D eigenvalue weighted by Gasteiger charge is 2.17. The van der Waals surface area contributed by atoms with Crippen molar-refractivity contribution < 1.29 is 9.26 Å². The van der Waals surface area contributed by atoms with Gasteiger partial charge in [-0.2, -0.15) is 4.98 Å². The molecule has 0 unspecified atom stereocenters. The van der Waals surface area contributed by atoms with Crippen LogP contribution in [0.25, 0.3) is 33.4 Å². The third kappa shape index (κ3) is 2.97. The van der Waals surface area contributed by atoms with E-state index in [2.05, 4.69) is 20.1 Å². The van der Waals surface area contributed by atoms with Gasteiger partial charge < -0.3 is 20.0 Å². The second kappa shape index (κ2) is 6.63. The first kappa shape index (κ1) is 17.2. The number of ether oxygens (including phenoxy) is 1. The molecule has 3 N–H and O–H groups in total. The lowest BCUT2D eigenvalue weighted by molar-refractivity contribution is 0.422. The van der Waals surface area contributed by atoms with E-state index >= 15 is 0 Å². The van der Waals surface area contributed by atoms with Crippen molar-refractivity contribution in [3.8, 4) is 23.1 Å². The average Bonchev–Trinajstić information content (AvgIpc) is 3.34. The molecule has 2 aromatic carbocycles. The van der Waals surface area contributed by atoms with E-state index in [-0.39, 0.29) is 0 Å². The Morgan fingerprint density at radius 3 is 2.62 bits per heavy atom. The van der Waals surface area contributed by atoms with Crippen molar-refractivity contribution in [2.45, 2.75) is 20.3 Å². The molecule has 5 rings (SSSR count). The van der Waals surface area contributed by atoms with Crippen molar-refractivity contribution >= 4 is 27.5 Å². The smallest absolute Gasteiger partial charge is 0.276 e. The van der Waals surface area contributed by atoms with E-state index < -0.39 is 0 Å². The number of nitrogens with two attached hydrogens (primary N) is 1. The van der Waals surface area contributed by atoms with Gasteiger partial charge in [0, 0.05) is 28.4 Å². The van der Waals surface area contributed by atoms with Gasteiger partial charge in [0.15, 0.2) is 5.82 Å². The van der Waals surface area contributed by atoms with Crippen LogP contribution in [0.3, 0.4) is 0 Å². The van der Waals surface area contributed by atoms with E-state index in [1.807, 2.05) is 56.3 Å². The maximum Gasteiger partial charge on any atom is 0.276 e. The highest BCUT2D eigenvalue weighted by Crippen LogP contribution is 2.35. The SMILES string of the molecule is CCc1noc(-c2ncc3[nH]c4ccc(Oc5ccc(N)cc5)cc4c3c2C)n1. The summed E-state index contributed by atoms with van der Waals surface area (Å²) < 4.78 is 11.4. The lowest BCUT2D eigenvalue weighted by atomic mass is 10.1. The number of anilines is 1. The highest BCUT2D eigenvalue weighted by atomic mass is 16.5. The number of nitrogens with one attached hydrogen (secondary N) is 1. The highest BCUT2D eigenvalue weighted by molar-refractivity contribution is 6.10. The van der Waals surface area contributed by atoms with Gasteiger partial charge in [-0.15, -0.1) is 0 Å². The van der Waals surface area contributed by atoms with Crippen LogP contribution in [0, 0.1) is 6.92 Å². The minimum Gasteiger partial charge on any atom is -0.457 e. The summed E-state index contributed by atoms with van der Waals surface area (Å²) in [6, 6.07) is 13.3. The molecule has 0 aliphatic heterocycles. The normalized spacial score (nSPS) is 11.4. The van der Waals surface area contributed by atoms with Crippen LogP contribution in [0.4, 0.5) is 5.69 Å². The maximum absolute atomic E-state index is 6.01. The van der Waals surface area contributed by atoms with Gasteiger partial charge in [0.25, 0.3) is 5.89 Å². The molecular weight excluding hydrogens is 366 g/mol. The number of aryl methyl sites for hydroxylation is 2. The number of fused-ring (bicyclic) bond motifs is 3. The second-order valence-electron chi connectivity index (χ2n) is 6.89. The Bertz CT molecular complexity index is 1340. The Hall–Kier alpha value is -3.87. The number of benzene rings is 2. The average molecular weight is 385 g/mol. The minimum absolute atomic E-state index is 0.435. The van der Waals surface area contributed by atoms with Gasteiger partial charge in [-0.3, -0.25) is 0 Å².